The number of hydrogen-bond donors (Lipinski definition) is 0. The largest absolute Gasteiger partial charge is 0.311 e. The van der Waals surface area contributed by atoms with Gasteiger partial charge in [0, 0.05) is 30.0 Å². The molecule has 0 atom stereocenters. The molecule has 0 unspecified atom stereocenters. The molecule has 0 spiro atoms. The Morgan fingerprint density at radius 2 is 1.48 bits per heavy atom. The maximum absolute atomic E-state index is 13.0. The molecule has 0 N–H and O–H groups in total. The van der Waals surface area contributed by atoms with E-state index in [1.165, 1.54) is 30.6 Å². The van der Waals surface area contributed by atoms with Crippen molar-refractivity contribution >= 4 is 29.2 Å². The van der Waals surface area contributed by atoms with Crippen molar-refractivity contribution in [1.29, 1.82) is 0 Å². The topological polar surface area (TPSA) is 54.5 Å². The molecule has 0 bridgehead atoms. The summed E-state index contributed by atoms with van der Waals surface area (Å²) in [7, 11) is 1.52. The van der Waals surface area contributed by atoms with Gasteiger partial charge in [-0.3, -0.25) is 14.4 Å². The van der Waals surface area contributed by atoms with E-state index in [0.717, 1.165) is 10.5 Å². The lowest BCUT2D eigenvalue weighted by atomic mass is 9.92. The highest BCUT2D eigenvalue weighted by molar-refractivity contribution is 8.04. The van der Waals surface area contributed by atoms with E-state index in [1.807, 2.05) is 31.2 Å². The molecule has 2 aromatic carbocycles. The number of allylic oxidation sites excluding steroid dienone is 2. The zero-order valence-electron chi connectivity index (χ0n) is 14.2. The molecule has 0 aromatic heterocycles. The zero-order valence-corrected chi connectivity index (χ0v) is 15.0. The predicted octanol–water partition coefficient (Wildman–Crippen LogP) is 3.86. The summed E-state index contributed by atoms with van der Waals surface area (Å²) in [6.07, 6.45) is 0. The van der Waals surface area contributed by atoms with E-state index in [9.17, 15) is 14.4 Å². The van der Waals surface area contributed by atoms with Gasteiger partial charge in [-0.15, -0.1) is 0 Å². The van der Waals surface area contributed by atoms with Crippen molar-refractivity contribution in [2.75, 3.05) is 7.05 Å². The summed E-state index contributed by atoms with van der Waals surface area (Å²) in [4.78, 5) is 40.2. The fourth-order valence-electron chi connectivity index (χ4n) is 2.62. The molecule has 4 nitrogen and oxygen atoms in total. The molecule has 0 heterocycles. The first-order chi connectivity index (χ1) is 11.9. The minimum Gasteiger partial charge on any atom is -0.311 e. The lowest BCUT2D eigenvalue weighted by Crippen LogP contribution is -2.33. The molecule has 3 rings (SSSR count). The van der Waals surface area contributed by atoms with Crippen molar-refractivity contribution < 1.29 is 14.4 Å². The van der Waals surface area contributed by atoms with E-state index in [4.69, 9.17) is 0 Å². The SMILES string of the molecule is CC(=O)N(C)C1=C(Sc2ccc(C)cc2)C(=O)c2ccccc2C1=O. The molecule has 1 aliphatic carbocycles. The quantitative estimate of drug-likeness (QED) is 0.843. The Morgan fingerprint density at radius 1 is 0.920 bits per heavy atom. The van der Waals surface area contributed by atoms with Crippen molar-refractivity contribution in [2.45, 2.75) is 18.7 Å². The number of aryl methyl sites for hydroxylation is 1. The van der Waals surface area contributed by atoms with Crippen molar-refractivity contribution in [3.63, 3.8) is 0 Å². The Kier molecular flexibility index (Phi) is 4.59. The summed E-state index contributed by atoms with van der Waals surface area (Å²) < 4.78 is 0. The third-order valence-corrected chi connectivity index (χ3v) is 5.19. The number of likely N-dealkylation sites (N-methyl/N-ethyl adjacent to an activating group) is 1. The van der Waals surface area contributed by atoms with Crippen LogP contribution in [-0.2, 0) is 4.79 Å². The van der Waals surface area contributed by atoms with E-state index in [2.05, 4.69) is 0 Å². The molecular weight excluding hydrogens is 334 g/mol. The van der Waals surface area contributed by atoms with Crippen molar-refractivity contribution in [2.24, 2.45) is 0 Å². The Hall–Kier alpha value is -2.66. The fourth-order valence-corrected chi connectivity index (χ4v) is 3.66. The number of rotatable bonds is 3. The average Bonchev–Trinajstić information content (AvgIpc) is 2.61. The first-order valence-corrected chi connectivity index (χ1v) is 8.63. The van der Waals surface area contributed by atoms with Crippen LogP contribution in [0.1, 0.15) is 33.2 Å². The van der Waals surface area contributed by atoms with Crippen LogP contribution in [0.3, 0.4) is 0 Å². The van der Waals surface area contributed by atoms with Crippen LogP contribution in [0, 0.1) is 6.92 Å². The summed E-state index contributed by atoms with van der Waals surface area (Å²) >= 11 is 1.22. The number of thioether (sulfide) groups is 1. The predicted molar refractivity (Wildman–Crippen MR) is 97.6 cm³/mol. The van der Waals surface area contributed by atoms with E-state index in [1.54, 1.807) is 24.3 Å². The zero-order chi connectivity index (χ0) is 18.1. The number of Topliss-reactive ketones (excluding diaryl/α,β-unsaturated/α-hetero) is 2. The number of benzene rings is 2. The molecule has 0 saturated carbocycles. The van der Waals surface area contributed by atoms with Crippen LogP contribution in [0.2, 0.25) is 0 Å². The van der Waals surface area contributed by atoms with Gasteiger partial charge in [0.15, 0.2) is 0 Å². The summed E-state index contributed by atoms with van der Waals surface area (Å²) in [6, 6.07) is 14.4. The van der Waals surface area contributed by atoms with Crippen LogP contribution in [-0.4, -0.2) is 29.4 Å². The summed E-state index contributed by atoms with van der Waals surface area (Å²) in [5.41, 5.74) is 1.96. The summed E-state index contributed by atoms with van der Waals surface area (Å²) in [5, 5.41) is 0. The minimum absolute atomic E-state index is 0.141. The van der Waals surface area contributed by atoms with Crippen molar-refractivity contribution in [1.82, 2.24) is 4.90 Å². The highest BCUT2D eigenvalue weighted by Gasteiger charge is 2.35. The van der Waals surface area contributed by atoms with Crippen LogP contribution in [0.5, 0.6) is 0 Å². The molecular formula is C20H17NO3S. The van der Waals surface area contributed by atoms with Crippen LogP contribution in [0.4, 0.5) is 0 Å². The summed E-state index contributed by atoms with van der Waals surface area (Å²) in [6.45, 7) is 3.35. The third-order valence-electron chi connectivity index (χ3n) is 4.10. The summed E-state index contributed by atoms with van der Waals surface area (Å²) in [5.74, 6) is -0.830. The number of amides is 1. The molecule has 5 heteroatoms. The van der Waals surface area contributed by atoms with Crippen molar-refractivity contribution in [3.8, 4) is 0 Å². The van der Waals surface area contributed by atoms with Crippen LogP contribution in [0.15, 0.2) is 64.0 Å². The van der Waals surface area contributed by atoms with E-state index >= 15 is 0 Å². The normalized spacial score (nSPS) is 13.7. The highest BCUT2D eigenvalue weighted by atomic mass is 32.2. The number of fused-ring (bicyclic) bond motifs is 1. The molecule has 126 valence electrons. The minimum atomic E-state index is -0.303. The smallest absolute Gasteiger partial charge is 0.223 e. The molecule has 0 radical (unpaired) electrons. The maximum atomic E-state index is 13.0. The van der Waals surface area contributed by atoms with Gasteiger partial charge in [-0.2, -0.15) is 0 Å². The van der Waals surface area contributed by atoms with Crippen LogP contribution < -0.4 is 0 Å². The van der Waals surface area contributed by atoms with Gasteiger partial charge < -0.3 is 4.90 Å². The number of ketones is 2. The van der Waals surface area contributed by atoms with Gasteiger partial charge in [0.05, 0.1) is 4.91 Å². The molecule has 0 fully saturated rings. The lowest BCUT2D eigenvalue weighted by Gasteiger charge is -2.26. The fraction of sp³-hybridized carbons (Fsp3) is 0.150. The van der Waals surface area contributed by atoms with Gasteiger partial charge in [-0.1, -0.05) is 53.7 Å². The molecule has 25 heavy (non-hydrogen) atoms. The van der Waals surface area contributed by atoms with E-state index in [0.29, 0.717) is 11.1 Å². The van der Waals surface area contributed by atoms with Crippen LogP contribution >= 0.6 is 11.8 Å². The Bertz CT molecular complexity index is 913. The Balaban J connectivity index is 2.15. The average molecular weight is 351 g/mol. The second-order valence-corrected chi connectivity index (χ2v) is 6.96. The molecule has 0 saturated heterocycles. The van der Waals surface area contributed by atoms with Gasteiger partial charge in [-0.05, 0) is 19.1 Å². The second kappa shape index (κ2) is 6.69. The number of hydrogen-bond acceptors (Lipinski definition) is 4. The first kappa shape index (κ1) is 17.2. The number of carbonyl (C=O) groups excluding carboxylic acids is 3. The third kappa shape index (κ3) is 3.15. The standard InChI is InChI=1S/C20H17NO3S/c1-12-8-10-14(11-9-12)25-20-17(21(3)13(2)22)18(23)15-6-4-5-7-16(15)19(20)24/h4-11H,1-3H3. The Labute approximate surface area is 150 Å². The van der Waals surface area contributed by atoms with E-state index < -0.39 is 0 Å². The first-order valence-electron chi connectivity index (χ1n) is 7.81. The monoisotopic (exact) mass is 351 g/mol. The number of nitrogens with zero attached hydrogens (tertiary/aromatic N) is 1. The molecule has 1 aliphatic rings. The van der Waals surface area contributed by atoms with E-state index in [-0.39, 0.29) is 28.1 Å². The molecule has 2 aromatic rings. The lowest BCUT2D eigenvalue weighted by molar-refractivity contribution is -0.125. The van der Waals surface area contributed by atoms with Crippen LogP contribution in [0.25, 0.3) is 0 Å². The van der Waals surface area contributed by atoms with Gasteiger partial charge in [0.1, 0.15) is 5.70 Å². The molecule has 1 amide bonds. The van der Waals surface area contributed by atoms with Crippen molar-refractivity contribution in [3.05, 3.63) is 75.8 Å². The second-order valence-electron chi connectivity index (χ2n) is 5.87. The van der Waals surface area contributed by atoms with Gasteiger partial charge >= 0.3 is 0 Å². The van der Waals surface area contributed by atoms with Gasteiger partial charge in [0.2, 0.25) is 17.5 Å². The Morgan fingerprint density at radius 3 is 2.04 bits per heavy atom. The number of carbonyl (C=O) groups is 3. The van der Waals surface area contributed by atoms with Gasteiger partial charge in [0.25, 0.3) is 0 Å². The molecule has 0 aliphatic heterocycles. The maximum Gasteiger partial charge on any atom is 0.223 e. The van der Waals surface area contributed by atoms with Gasteiger partial charge in [-0.25, -0.2) is 0 Å². The highest BCUT2D eigenvalue weighted by Crippen LogP contribution is 2.38.